The number of fused-ring (bicyclic) bond motifs is 1. The van der Waals surface area contributed by atoms with Crippen molar-refractivity contribution in [3.05, 3.63) is 42.0 Å². The minimum Gasteiger partial charge on any atom is -0.398 e. The number of benzene rings is 2. The van der Waals surface area contributed by atoms with E-state index in [4.69, 9.17) is 5.73 Å². The van der Waals surface area contributed by atoms with E-state index < -0.39 is 0 Å². The Morgan fingerprint density at radius 1 is 1.00 bits per heavy atom. The van der Waals surface area contributed by atoms with Crippen LogP contribution in [0.1, 0.15) is 5.56 Å². The van der Waals surface area contributed by atoms with Crippen LogP contribution in [0.4, 0.5) is 5.69 Å². The third kappa shape index (κ3) is 0.944. The lowest BCUT2D eigenvalue weighted by atomic mass is 10.1. The van der Waals surface area contributed by atoms with Gasteiger partial charge in [0.05, 0.1) is 0 Å². The molecule has 1 nitrogen and oxygen atoms in total. The summed E-state index contributed by atoms with van der Waals surface area (Å²) in [5.74, 6) is 0. The van der Waals surface area contributed by atoms with E-state index in [1.165, 1.54) is 5.39 Å². The van der Waals surface area contributed by atoms with Crippen LogP contribution in [0.5, 0.6) is 0 Å². The summed E-state index contributed by atoms with van der Waals surface area (Å²) in [5.41, 5.74) is 7.96. The second kappa shape index (κ2) is 2.52. The highest BCUT2D eigenvalue weighted by molar-refractivity contribution is 5.94. The van der Waals surface area contributed by atoms with E-state index >= 15 is 0 Å². The summed E-state index contributed by atoms with van der Waals surface area (Å²) in [6, 6.07) is 12.3. The molecule has 0 amide bonds. The Kier molecular flexibility index (Phi) is 1.51. The van der Waals surface area contributed by atoms with Gasteiger partial charge in [-0.25, -0.2) is 0 Å². The molecule has 2 rings (SSSR count). The van der Waals surface area contributed by atoms with E-state index in [1.54, 1.807) is 0 Å². The highest BCUT2D eigenvalue weighted by atomic mass is 14.6. The molecule has 2 aromatic carbocycles. The van der Waals surface area contributed by atoms with E-state index in [9.17, 15) is 0 Å². The SMILES string of the molecule is Cc1ccc2ccccc2c1N. The summed E-state index contributed by atoms with van der Waals surface area (Å²) in [5, 5.41) is 2.36. The second-order valence-corrected chi connectivity index (χ2v) is 3.02. The molecule has 0 aliphatic heterocycles. The van der Waals surface area contributed by atoms with Crippen LogP contribution in [0.15, 0.2) is 36.4 Å². The normalized spacial score (nSPS) is 10.4. The summed E-state index contributed by atoms with van der Waals surface area (Å²) >= 11 is 0. The number of anilines is 1. The van der Waals surface area contributed by atoms with Gasteiger partial charge < -0.3 is 5.73 Å². The first-order valence-corrected chi connectivity index (χ1v) is 4.03. The topological polar surface area (TPSA) is 26.0 Å². The summed E-state index contributed by atoms with van der Waals surface area (Å²) in [7, 11) is 0. The van der Waals surface area contributed by atoms with Crippen molar-refractivity contribution in [2.24, 2.45) is 0 Å². The molecule has 0 aliphatic rings. The first-order valence-electron chi connectivity index (χ1n) is 4.03. The van der Waals surface area contributed by atoms with Gasteiger partial charge in [-0.3, -0.25) is 0 Å². The number of nitrogens with two attached hydrogens (primary N) is 1. The minimum atomic E-state index is 0.896. The molecule has 0 spiro atoms. The predicted molar refractivity (Wildman–Crippen MR) is 53.1 cm³/mol. The lowest BCUT2D eigenvalue weighted by molar-refractivity contribution is 1.50. The van der Waals surface area contributed by atoms with Crippen LogP contribution < -0.4 is 5.73 Å². The van der Waals surface area contributed by atoms with Crippen molar-refractivity contribution >= 4 is 16.5 Å². The second-order valence-electron chi connectivity index (χ2n) is 3.02. The Labute approximate surface area is 71.8 Å². The van der Waals surface area contributed by atoms with Crippen molar-refractivity contribution in [3.63, 3.8) is 0 Å². The molecule has 0 radical (unpaired) electrons. The van der Waals surface area contributed by atoms with Crippen molar-refractivity contribution in [1.29, 1.82) is 0 Å². The molecular formula is C11H11N. The van der Waals surface area contributed by atoms with Gasteiger partial charge in [0, 0.05) is 11.1 Å². The molecule has 12 heavy (non-hydrogen) atoms. The number of rotatable bonds is 0. The zero-order chi connectivity index (χ0) is 8.55. The molecule has 0 aliphatic carbocycles. The van der Waals surface area contributed by atoms with Crippen LogP contribution in [0.2, 0.25) is 0 Å². The molecule has 0 saturated heterocycles. The highest BCUT2D eigenvalue weighted by Gasteiger charge is 1.98. The smallest absolute Gasteiger partial charge is 0.0423 e. The van der Waals surface area contributed by atoms with Crippen LogP contribution in [-0.2, 0) is 0 Å². The molecule has 0 unspecified atom stereocenters. The summed E-state index contributed by atoms with van der Waals surface area (Å²) in [6.07, 6.45) is 0. The Hall–Kier alpha value is -1.50. The van der Waals surface area contributed by atoms with E-state index in [1.807, 2.05) is 19.1 Å². The molecular weight excluding hydrogens is 146 g/mol. The summed E-state index contributed by atoms with van der Waals surface area (Å²) in [6.45, 7) is 2.03. The van der Waals surface area contributed by atoms with Crippen molar-refractivity contribution in [2.45, 2.75) is 6.92 Å². The zero-order valence-corrected chi connectivity index (χ0v) is 7.04. The minimum absolute atomic E-state index is 0.896. The maximum absolute atomic E-state index is 5.92. The summed E-state index contributed by atoms with van der Waals surface area (Å²) in [4.78, 5) is 0. The first kappa shape index (κ1) is 7.17. The zero-order valence-electron chi connectivity index (χ0n) is 7.04. The molecule has 2 aromatic rings. The predicted octanol–water partition coefficient (Wildman–Crippen LogP) is 2.73. The molecule has 0 atom stereocenters. The van der Waals surface area contributed by atoms with E-state index in [-0.39, 0.29) is 0 Å². The van der Waals surface area contributed by atoms with E-state index in [0.717, 1.165) is 16.6 Å². The van der Waals surface area contributed by atoms with Gasteiger partial charge >= 0.3 is 0 Å². The monoisotopic (exact) mass is 157 g/mol. The molecule has 0 aromatic heterocycles. The first-order chi connectivity index (χ1) is 5.79. The molecule has 0 bridgehead atoms. The van der Waals surface area contributed by atoms with Crippen molar-refractivity contribution in [3.8, 4) is 0 Å². The Morgan fingerprint density at radius 3 is 2.58 bits per heavy atom. The lowest BCUT2D eigenvalue weighted by Crippen LogP contribution is -1.90. The third-order valence-corrected chi connectivity index (χ3v) is 2.19. The van der Waals surface area contributed by atoms with Crippen molar-refractivity contribution in [2.75, 3.05) is 5.73 Å². The number of hydrogen-bond acceptors (Lipinski definition) is 1. The summed E-state index contributed by atoms with van der Waals surface area (Å²) < 4.78 is 0. The maximum Gasteiger partial charge on any atom is 0.0423 e. The number of hydrogen-bond donors (Lipinski definition) is 1. The van der Waals surface area contributed by atoms with Gasteiger partial charge in [0.2, 0.25) is 0 Å². The number of aryl methyl sites for hydroxylation is 1. The fourth-order valence-electron chi connectivity index (χ4n) is 1.40. The van der Waals surface area contributed by atoms with Gasteiger partial charge in [0.1, 0.15) is 0 Å². The van der Waals surface area contributed by atoms with Gasteiger partial charge in [-0.2, -0.15) is 0 Å². The molecule has 0 saturated carbocycles. The van der Waals surface area contributed by atoms with E-state index in [0.29, 0.717) is 0 Å². The van der Waals surface area contributed by atoms with Gasteiger partial charge in [-0.1, -0.05) is 36.4 Å². The van der Waals surface area contributed by atoms with Crippen molar-refractivity contribution in [1.82, 2.24) is 0 Å². The quantitative estimate of drug-likeness (QED) is 0.584. The average molecular weight is 157 g/mol. The lowest BCUT2D eigenvalue weighted by Gasteiger charge is -2.03. The van der Waals surface area contributed by atoms with Gasteiger partial charge in [-0.15, -0.1) is 0 Å². The fourth-order valence-corrected chi connectivity index (χ4v) is 1.40. The fraction of sp³-hybridized carbons (Fsp3) is 0.0909. The van der Waals surface area contributed by atoms with Crippen molar-refractivity contribution < 1.29 is 0 Å². The average Bonchev–Trinajstić information content (AvgIpc) is 2.12. The standard InChI is InChI=1S/C11H11N/c1-8-6-7-9-4-2-3-5-10(9)11(8)12/h2-7H,12H2,1H3. The molecule has 1 heteroatoms. The van der Waals surface area contributed by atoms with Crippen LogP contribution in [0, 0.1) is 6.92 Å². The van der Waals surface area contributed by atoms with Gasteiger partial charge in [0.15, 0.2) is 0 Å². The molecule has 0 fully saturated rings. The van der Waals surface area contributed by atoms with Gasteiger partial charge in [0.25, 0.3) is 0 Å². The van der Waals surface area contributed by atoms with Crippen LogP contribution in [0.3, 0.4) is 0 Å². The Balaban J connectivity index is 2.91. The van der Waals surface area contributed by atoms with Crippen LogP contribution in [-0.4, -0.2) is 0 Å². The largest absolute Gasteiger partial charge is 0.398 e. The Bertz CT molecular complexity index is 418. The highest BCUT2D eigenvalue weighted by Crippen LogP contribution is 2.23. The maximum atomic E-state index is 5.92. The number of nitrogen functional groups attached to an aromatic ring is 1. The van der Waals surface area contributed by atoms with Gasteiger partial charge in [-0.05, 0) is 17.9 Å². The molecule has 60 valence electrons. The van der Waals surface area contributed by atoms with Crippen LogP contribution in [0.25, 0.3) is 10.8 Å². The molecule has 0 heterocycles. The Morgan fingerprint density at radius 2 is 1.75 bits per heavy atom. The van der Waals surface area contributed by atoms with E-state index in [2.05, 4.69) is 24.3 Å². The third-order valence-electron chi connectivity index (χ3n) is 2.19. The van der Waals surface area contributed by atoms with Crippen LogP contribution >= 0.6 is 0 Å². The molecule has 2 N–H and O–H groups in total.